The van der Waals surface area contributed by atoms with Gasteiger partial charge in [-0.25, -0.2) is 0 Å². The SMILES string of the molecule is C=Cc1ccc(Oc2cccc(C(F)(F)F)c2)cc1. The molecule has 98 valence electrons. The van der Waals surface area contributed by atoms with Crippen molar-refractivity contribution >= 4 is 6.08 Å². The minimum atomic E-state index is -4.37. The number of alkyl halides is 3. The number of halogens is 3. The van der Waals surface area contributed by atoms with Crippen LogP contribution in [-0.4, -0.2) is 0 Å². The van der Waals surface area contributed by atoms with E-state index < -0.39 is 11.7 Å². The predicted octanol–water partition coefficient (Wildman–Crippen LogP) is 5.14. The number of rotatable bonds is 3. The number of hydrogen-bond donors (Lipinski definition) is 0. The molecule has 19 heavy (non-hydrogen) atoms. The summed E-state index contributed by atoms with van der Waals surface area (Å²) in [6, 6.07) is 11.7. The van der Waals surface area contributed by atoms with E-state index in [9.17, 15) is 13.2 Å². The second-order valence-corrected chi connectivity index (χ2v) is 3.90. The van der Waals surface area contributed by atoms with E-state index in [0.717, 1.165) is 17.7 Å². The lowest BCUT2D eigenvalue weighted by Crippen LogP contribution is -2.04. The predicted molar refractivity (Wildman–Crippen MR) is 68.1 cm³/mol. The molecule has 0 saturated carbocycles. The first kappa shape index (κ1) is 13.2. The fraction of sp³-hybridized carbons (Fsp3) is 0.0667. The van der Waals surface area contributed by atoms with Crippen LogP contribution in [0.25, 0.3) is 6.08 Å². The summed E-state index contributed by atoms with van der Waals surface area (Å²) in [6.07, 6.45) is -2.69. The Kier molecular flexibility index (Phi) is 3.60. The highest BCUT2D eigenvalue weighted by Gasteiger charge is 2.30. The second kappa shape index (κ2) is 5.18. The smallest absolute Gasteiger partial charge is 0.416 e. The van der Waals surface area contributed by atoms with E-state index in [1.54, 1.807) is 30.3 Å². The van der Waals surface area contributed by atoms with E-state index in [-0.39, 0.29) is 5.75 Å². The molecule has 0 atom stereocenters. The van der Waals surface area contributed by atoms with Crippen LogP contribution in [0.3, 0.4) is 0 Å². The van der Waals surface area contributed by atoms with Crippen LogP contribution < -0.4 is 4.74 Å². The van der Waals surface area contributed by atoms with E-state index in [0.29, 0.717) is 5.75 Å². The van der Waals surface area contributed by atoms with Crippen LogP contribution in [0.5, 0.6) is 11.5 Å². The highest BCUT2D eigenvalue weighted by molar-refractivity contribution is 5.48. The molecule has 0 aliphatic rings. The summed E-state index contributed by atoms with van der Waals surface area (Å²) in [4.78, 5) is 0. The molecule has 2 rings (SSSR count). The molecule has 0 amide bonds. The third-order valence-electron chi connectivity index (χ3n) is 2.51. The van der Waals surface area contributed by atoms with Crippen LogP contribution in [0.4, 0.5) is 13.2 Å². The Balaban J connectivity index is 2.20. The molecule has 0 heterocycles. The number of hydrogen-bond acceptors (Lipinski definition) is 1. The van der Waals surface area contributed by atoms with Crippen molar-refractivity contribution in [2.75, 3.05) is 0 Å². The van der Waals surface area contributed by atoms with Gasteiger partial charge in [0.05, 0.1) is 5.56 Å². The van der Waals surface area contributed by atoms with Gasteiger partial charge in [-0.3, -0.25) is 0 Å². The lowest BCUT2D eigenvalue weighted by Gasteiger charge is -2.10. The Labute approximate surface area is 109 Å². The van der Waals surface area contributed by atoms with Crippen LogP contribution in [0.1, 0.15) is 11.1 Å². The topological polar surface area (TPSA) is 9.23 Å². The van der Waals surface area contributed by atoms with Gasteiger partial charge >= 0.3 is 6.18 Å². The third kappa shape index (κ3) is 3.37. The van der Waals surface area contributed by atoms with Gasteiger partial charge in [-0.2, -0.15) is 13.2 Å². The van der Waals surface area contributed by atoms with Gasteiger partial charge < -0.3 is 4.74 Å². The third-order valence-corrected chi connectivity index (χ3v) is 2.51. The monoisotopic (exact) mass is 264 g/mol. The van der Waals surface area contributed by atoms with Crippen LogP contribution in [0.15, 0.2) is 55.1 Å². The largest absolute Gasteiger partial charge is 0.457 e. The molecule has 0 aliphatic heterocycles. The van der Waals surface area contributed by atoms with Crippen molar-refractivity contribution in [2.24, 2.45) is 0 Å². The van der Waals surface area contributed by atoms with Crippen molar-refractivity contribution in [3.63, 3.8) is 0 Å². The molecule has 0 N–H and O–H groups in total. The first-order valence-corrected chi connectivity index (χ1v) is 5.56. The average Bonchev–Trinajstić information content (AvgIpc) is 2.39. The summed E-state index contributed by atoms with van der Waals surface area (Å²) in [5.41, 5.74) is 0.184. The first-order chi connectivity index (χ1) is 8.99. The molecule has 0 unspecified atom stereocenters. The van der Waals surface area contributed by atoms with Gasteiger partial charge in [0.1, 0.15) is 11.5 Å². The lowest BCUT2D eigenvalue weighted by atomic mass is 10.2. The maximum absolute atomic E-state index is 12.5. The van der Waals surface area contributed by atoms with Gasteiger partial charge in [0.2, 0.25) is 0 Å². The van der Waals surface area contributed by atoms with Crippen molar-refractivity contribution in [2.45, 2.75) is 6.18 Å². The summed E-state index contributed by atoms with van der Waals surface area (Å²) in [5.74, 6) is 0.631. The van der Waals surface area contributed by atoms with Crippen molar-refractivity contribution in [1.29, 1.82) is 0 Å². The molecule has 1 nitrogen and oxygen atoms in total. The van der Waals surface area contributed by atoms with Crippen molar-refractivity contribution < 1.29 is 17.9 Å². The zero-order valence-electron chi connectivity index (χ0n) is 9.95. The maximum Gasteiger partial charge on any atom is 0.416 e. The second-order valence-electron chi connectivity index (χ2n) is 3.90. The van der Waals surface area contributed by atoms with E-state index in [1.807, 2.05) is 0 Å². The molecule has 0 radical (unpaired) electrons. The van der Waals surface area contributed by atoms with Gasteiger partial charge in [-0.1, -0.05) is 30.9 Å². The van der Waals surface area contributed by atoms with Crippen LogP contribution in [0, 0.1) is 0 Å². The molecule has 4 heteroatoms. The molecule has 0 bridgehead atoms. The standard InChI is InChI=1S/C15H11F3O/c1-2-11-6-8-13(9-7-11)19-14-5-3-4-12(10-14)15(16,17)18/h2-10H,1H2. The van der Waals surface area contributed by atoms with E-state index in [1.165, 1.54) is 12.1 Å². The molecule has 0 spiro atoms. The Morgan fingerprint density at radius 3 is 2.21 bits per heavy atom. The zero-order chi connectivity index (χ0) is 13.9. The van der Waals surface area contributed by atoms with Gasteiger partial charge in [0, 0.05) is 0 Å². The zero-order valence-corrected chi connectivity index (χ0v) is 9.95. The Morgan fingerprint density at radius 2 is 1.63 bits per heavy atom. The van der Waals surface area contributed by atoms with Crippen LogP contribution in [-0.2, 0) is 6.18 Å². The molecule has 0 aliphatic carbocycles. The normalized spacial score (nSPS) is 11.1. The fourth-order valence-electron chi connectivity index (χ4n) is 1.54. The van der Waals surface area contributed by atoms with Gasteiger partial charge in [0.15, 0.2) is 0 Å². The Hall–Kier alpha value is -2.23. The van der Waals surface area contributed by atoms with Crippen LogP contribution >= 0.6 is 0 Å². The molecular weight excluding hydrogens is 253 g/mol. The van der Waals surface area contributed by atoms with E-state index in [4.69, 9.17) is 4.74 Å². The van der Waals surface area contributed by atoms with Crippen LogP contribution in [0.2, 0.25) is 0 Å². The molecule has 0 aromatic heterocycles. The van der Waals surface area contributed by atoms with E-state index >= 15 is 0 Å². The van der Waals surface area contributed by atoms with Gasteiger partial charge in [-0.15, -0.1) is 0 Å². The quantitative estimate of drug-likeness (QED) is 0.745. The Morgan fingerprint density at radius 1 is 0.947 bits per heavy atom. The molecule has 2 aromatic rings. The minimum absolute atomic E-state index is 0.154. The number of benzene rings is 2. The van der Waals surface area contributed by atoms with Gasteiger partial charge in [0.25, 0.3) is 0 Å². The van der Waals surface area contributed by atoms with Crippen molar-refractivity contribution in [3.8, 4) is 11.5 Å². The van der Waals surface area contributed by atoms with Crippen molar-refractivity contribution in [3.05, 3.63) is 66.2 Å². The lowest BCUT2D eigenvalue weighted by molar-refractivity contribution is -0.137. The molecule has 0 saturated heterocycles. The maximum atomic E-state index is 12.5. The van der Waals surface area contributed by atoms with Crippen molar-refractivity contribution in [1.82, 2.24) is 0 Å². The number of ether oxygens (including phenoxy) is 1. The Bertz CT molecular complexity index is 571. The first-order valence-electron chi connectivity index (χ1n) is 5.56. The fourth-order valence-corrected chi connectivity index (χ4v) is 1.54. The highest BCUT2D eigenvalue weighted by atomic mass is 19.4. The summed E-state index contributed by atoms with van der Waals surface area (Å²) in [5, 5.41) is 0. The van der Waals surface area contributed by atoms with E-state index in [2.05, 4.69) is 6.58 Å². The highest BCUT2D eigenvalue weighted by Crippen LogP contribution is 2.32. The summed E-state index contributed by atoms with van der Waals surface area (Å²) >= 11 is 0. The summed E-state index contributed by atoms with van der Waals surface area (Å²) in [6.45, 7) is 3.62. The molecule has 2 aromatic carbocycles. The molecular formula is C15H11F3O. The average molecular weight is 264 g/mol. The summed E-state index contributed by atoms with van der Waals surface area (Å²) in [7, 11) is 0. The summed E-state index contributed by atoms with van der Waals surface area (Å²) < 4.78 is 43.0. The van der Waals surface area contributed by atoms with Gasteiger partial charge in [-0.05, 0) is 35.9 Å². The minimum Gasteiger partial charge on any atom is -0.457 e. The molecule has 0 fully saturated rings.